The summed E-state index contributed by atoms with van der Waals surface area (Å²) in [5.41, 5.74) is 5.95. The van der Waals surface area contributed by atoms with Gasteiger partial charge in [-0.25, -0.2) is 13.8 Å². The molecule has 35 heavy (non-hydrogen) atoms. The number of pyridine rings is 1. The molecule has 1 saturated carbocycles. The molecule has 3 heterocycles. The highest BCUT2D eigenvalue weighted by Gasteiger charge is 2.32. The number of alkyl halides is 2. The van der Waals surface area contributed by atoms with Crippen LogP contribution in [0.4, 0.5) is 14.5 Å². The van der Waals surface area contributed by atoms with Crippen molar-refractivity contribution in [2.45, 2.75) is 31.8 Å². The summed E-state index contributed by atoms with van der Waals surface area (Å²) in [4.78, 5) is 29.4. The Kier molecular flexibility index (Phi) is 6.16. The fraction of sp³-hybridized carbons (Fsp3) is 0.208. The number of nitrogens with zero attached hydrogens (tertiary/aromatic N) is 1. The summed E-state index contributed by atoms with van der Waals surface area (Å²) in [5.74, 6) is -0.387. The minimum Gasteiger partial charge on any atom is -0.486 e. The van der Waals surface area contributed by atoms with Gasteiger partial charge in [-0.2, -0.15) is 0 Å². The van der Waals surface area contributed by atoms with Crippen LogP contribution < -0.4 is 15.8 Å². The number of benzene rings is 1. The number of carbonyl (C=O) groups excluding carboxylic acids is 2. The molecule has 4 aromatic rings. The highest BCUT2D eigenvalue weighted by Crippen LogP contribution is 2.48. The molecule has 180 valence electrons. The summed E-state index contributed by atoms with van der Waals surface area (Å²) in [6, 6.07) is 11.2. The number of anilines is 1. The maximum Gasteiger partial charge on any atom is 0.291 e. The number of nitrogens with two attached hydrogens (primary N) is 1. The van der Waals surface area contributed by atoms with Gasteiger partial charge >= 0.3 is 0 Å². The fourth-order valence-corrected chi connectivity index (χ4v) is 4.85. The number of hydrogen-bond donors (Lipinski definition) is 2. The molecule has 1 aliphatic rings. The third-order valence-electron chi connectivity index (χ3n) is 5.50. The summed E-state index contributed by atoms with van der Waals surface area (Å²) >= 11 is 6.74. The molecule has 7 nitrogen and oxygen atoms in total. The molecular formula is C24H18ClF2N3O4S. The molecule has 0 saturated heterocycles. The second-order valence-corrected chi connectivity index (χ2v) is 9.46. The quantitative estimate of drug-likeness (QED) is 0.285. The van der Waals surface area contributed by atoms with E-state index in [2.05, 4.69) is 10.3 Å². The van der Waals surface area contributed by atoms with Crippen LogP contribution in [0.2, 0.25) is 5.02 Å². The van der Waals surface area contributed by atoms with Crippen molar-refractivity contribution in [3.05, 3.63) is 75.1 Å². The van der Waals surface area contributed by atoms with E-state index in [1.54, 1.807) is 30.3 Å². The van der Waals surface area contributed by atoms with Crippen LogP contribution in [-0.2, 0) is 6.61 Å². The third kappa shape index (κ3) is 4.85. The first-order chi connectivity index (χ1) is 16.8. The Balaban J connectivity index is 1.42. The van der Waals surface area contributed by atoms with Gasteiger partial charge in [0.2, 0.25) is 0 Å². The Morgan fingerprint density at radius 3 is 2.63 bits per heavy atom. The monoisotopic (exact) mass is 517 g/mol. The number of amides is 2. The number of ether oxygens (including phenoxy) is 1. The average molecular weight is 518 g/mol. The van der Waals surface area contributed by atoms with Gasteiger partial charge in [0.1, 0.15) is 33.5 Å². The third-order valence-corrected chi connectivity index (χ3v) is 6.85. The van der Waals surface area contributed by atoms with Crippen molar-refractivity contribution in [1.29, 1.82) is 0 Å². The number of furan rings is 1. The van der Waals surface area contributed by atoms with Gasteiger partial charge in [0.25, 0.3) is 18.2 Å². The summed E-state index contributed by atoms with van der Waals surface area (Å²) in [5, 5.41) is 3.73. The number of carbonyl (C=O) groups is 2. The van der Waals surface area contributed by atoms with Crippen molar-refractivity contribution in [1.82, 2.24) is 4.98 Å². The van der Waals surface area contributed by atoms with Crippen LogP contribution >= 0.6 is 22.9 Å². The van der Waals surface area contributed by atoms with Gasteiger partial charge in [0.15, 0.2) is 5.76 Å². The van der Waals surface area contributed by atoms with Gasteiger partial charge in [0.05, 0.1) is 5.69 Å². The van der Waals surface area contributed by atoms with Crippen LogP contribution in [0.15, 0.2) is 46.9 Å². The van der Waals surface area contributed by atoms with Crippen molar-refractivity contribution < 1.29 is 27.5 Å². The van der Waals surface area contributed by atoms with Crippen molar-refractivity contribution in [2.75, 3.05) is 5.32 Å². The van der Waals surface area contributed by atoms with E-state index in [1.165, 1.54) is 12.1 Å². The van der Waals surface area contributed by atoms with Crippen molar-refractivity contribution in [3.63, 3.8) is 0 Å². The van der Waals surface area contributed by atoms with E-state index in [-0.39, 0.29) is 39.4 Å². The van der Waals surface area contributed by atoms with Crippen molar-refractivity contribution >= 4 is 50.7 Å². The molecule has 0 atom stereocenters. The molecule has 0 spiro atoms. The minimum absolute atomic E-state index is 0.0143. The lowest BCUT2D eigenvalue weighted by Gasteiger charge is -2.09. The summed E-state index contributed by atoms with van der Waals surface area (Å²) < 4.78 is 38.0. The molecule has 3 aromatic heterocycles. The molecule has 0 unspecified atom stereocenters. The van der Waals surface area contributed by atoms with E-state index in [4.69, 9.17) is 26.5 Å². The Morgan fingerprint density at radius 1 is 1.23 bits per heavy atom. The Morgan fingerprint density at radius 2 is 1.97 bits per heavy atom. The molecular weight excluding hydrogens is 500 g/mol. The van der Waals surface area contributed by atoms with Gasteiger partial charge in [-0.05, 0) is 66.8 Å². The first-order valence-electron chi connectivity index (χ1n) is 10.6. The number of thiophene rings is 1. The van der Waals surface area contributed by atoms with Crippen molar-refractivity contribution in [3.8, 4) is 5.75 Å². The first-order valence-corrected chi connectivity index (χ1v) is 11.8. The highest BCUT2D eigenvalue weighted by molar-refractivity contribution is 7.21. The number of rotatable bonds is 8. The number of halogens is 3. The molecule has 11 heteroatoms. The number of aromatic nitrogens is 1. The zero-order chi connectivity index (χ0) is 24.7. The number of primary amides is 1. The molecule has 0 bridgehead atoms. The maximum atomic E-state index is 13.4. The van der Waals surface area contributed by atoms with E-state index >= 15 is 0 Å². The van der Waals surface area contributed by atoms with E-state index in [9.17, 15) is 18.4 Å². The van der Waals surface area contributed by atoms with Gasteiger partial charge in [-0.3, -0.25) is 9.59 Å². The number of nitrogens with one attached hydrogen (secondary N) is 1. The van der Waals surface area contributed by atoms with Crippen LogP contribution in [0.5, 0.6) is 5.75 Å². The standard InChI is InChI=1S/C24H18ClF2N3O4S/c25-12-3-5-13(6-4-12)33-10-14-7-8-17(34-14)23(32)30-19-18-15(11-1-2-11)9-16(21(26)27)29-24(18)35-20(19)22(28)31/h3-9,11,21H,1-2,10H2,(H2,28,31)(H,30,32). The Hall–Kier alpha value is -3.50. The van der Waals surface area contributed by atoms with E-state index in [1.807, 2.05) is 0 Å². The predicted octanol–water partition coefficient (Wildman–Crippen LogP) is 6.29. The fourth-order valence-electron chi connectivity index (χ4n) is 3.71. The molecule has 5 rings (SSSR count). The number of fused-ring (bicyclic) bond motifs is 1. The van der Waals surface area contributed by atoms with Gasteiger partial charge in [-0.15, -0.1) is 11.3 Å². The molecule has 1 aromatic carbocycles. The van der Waals surface area contributed by atoms with Crippen molar-refractivity contribution in [2.24, 2.45) is 5.73 Å². The molecule has 0 radical (unpaired) electrons. The average Bonchev–Trinajstić information content (AvgIpc) is 3.45. The van der Waals surface area contributed by atoms with Gasteiger partial charge in [-0.1, -0.05) is 11.6 Å². The Labute approximate surface area is 206 Å². The molecule has 1 aliphatic carbocycles. The topological polar surface area (TPSA) is 107 Å². The SMILES string of the molecule is NC(=O)c1sc2nc(C(F)F)cc(C3CC3)c2c1NC(=O)c1ccc(COc2ccc(Cl)cc2)o1. The molecule has 1 fully saturated rings. The lowest BCUT2D eigenvalue weighted by Crippen LogP contribution is -2.16. The van der Waals surface area contributed by atoms with E-state index in [0.717, 1.165) is 24.2 Å². The maximum absolute atomic E-state index is 13.4. The molecule has 0 aliphatic heterocycles. The summed E-state index contributed by atoms with van der Waals surface area (Å²) in [6.45, 7) is 0.0784. The van der Waals surface area contributed by atoms with Crippen LogP contribution in [0.25, 0.3) is 10.2 Å². The first kappa shape index (κ1) is 23.3. The molecule has 2 amide bonds. The van der Waals surface area contributed by atoms with Crippen LogP contribution in [0.3, 0.4) is 0 Å². The Bertz CT molecular complexity index is 1430. The van der Waals surface area contributed by atoms with E-state index < -0.39 is 18.2 Å². The van der Waals surface area contributed by atoms with Crippen LogP contribution in [-0.4, -0.2) is 16.8 Å². The van der Waals surface area contributed by atoms with Gasteiger partial charge < -0.3 is 20.2 Å². The second-order valence-electron chi connectivity index (χ2n) is 8.02. The highest BCUT2D eigenvalue weighted by atomic mass is 35.5. The lowest BCUT2D eigenvalue weighted by atomic mass is 10.0. The molecule has 3 N–H and O–H groups in total. The zero-order valence-corrected chi connectivity index (χ0v) is 19.6. The number of hydrogen-bond acceptors (Lipinski definition) is 6. The normalized spacial score (nSPS) is 13.4. The van der Waals surface area contributed by atoms with Crippen LogP contribution in [0.1, 0.15) is 62.4 Å². The summed E-state index contributed by atoms with van der Waals surface area (Å²) in [6.07, 6.45) is -1.11. The smallest absolute Gasteiger partial charge is 0.291 e. The minimum atomic E-state index is -2.76. The predicted molar refractivity (Wildman–Crippen MR) is 128 cm³/mol. The largest absolute Gasteiger partial charge is 0.486 e. The second kappa shape index (κ2) is 9.27. The van der Waals surface area contributed by atoms with Crippen LogP contribution in [0, 0.1) is 0 Å². The van der Waals surface area contributed by atoms with E-state index in [0.29, 0.717) is 27.5 Å². The van der Waals surface area contributed by atoms with Gasteiger partial charge in [0, 0.05) is 10.4 Å². The summed E-state index contributed by atoms with van der Waals surface area (Å²) in [7, 11) is 0. The lowest BCUT2D eigenvalue weighted by molar-refractivity contribution is 0.0992. The zero-order valence-electron chi connectivity index (χ0n) is 18.0.